The fourth-order valence-corrected chi connectivity index (χ4v) is 7.34. The third-order valence-corrected chi connectivity index (χ3v) is 9.89. The third kappa shape index (κ3) is 5.45. The molecular formula is C25H23ClF3N7O3S2. The number of carbonyl (C=O) groups excluding carboxylic acids is 1. The second kappa shape index (κ2) is 10.8. The normalized spacial score (nSPS) is 22.2. The van der Waals surface area contributed by atoms with Gasteiger partial charge in [-0.05, 0) is 18.2 Å². The Morgan fingerprint density at radius 2 is 1.98 bits per heavy atom. The van der Waals surface area contributed by atoms with Crippen molar-refractivity contribution < 1.29 is 26.4 Å². The first-order valence-electron chi connectivity index (χ1n) is 12.6. The molecule has 2 amide bonds. The Morgan fingerprint density at radius 3 is 2.63 bits per heavy atom. The van der Waals surface area contributed by atoms with E-state index < -0.39 is 34.3 Å². The molecule has 2 aromatic heterocycles. The van der Waals surface area contributed by atoms with E-state index in [1.165, 1.54) is 46.7 Å². The lowest BCUT2D eigenvalue weighted by Gasteiger charge is -2.32. The summed E-state index contributed by atoms with van der Waals surface area (Å²) < 4.78 is 65.2. The molecule has 0 bridgehead atoms. The number of aromatic nitrogens is 3. The number of thiazole rings is 1. The SMILES string of the molecule is O=C(N[C@H]1CC2=C(c3ccn(C(F)F)n3)[C@H](c3ccc(F)cc3Cl)N=C(c3nccs3)N2C1)N1CCS(=O)(=O)CC1. The van der Waals surface area contributed by atoms with Gasteiger partial charge in [0.05, 0.1) is 23.2 Å². The maximum absolute atomic E-state index is 14.0. The van der Waals surface area contributed by atoms with Crippen molar-refractivity contribution >= 4 is 50.2 Å². The van der Waals surface area contributed by atoms with E-state index in [0.29, 0.717) is 45.3 Å². The molecule has 5 heterocycles. The van der Waals surface area contributed by atoms with E-state index in [4.69, 9.17) is 16.6 Å². The molecule has 0 unspecified atom stereocenters. The van der Waals surface area contributed by atoms with Crippen LogP contribution in [0, 0.1) is 5.82 Å². The maximum atomic E-state index is 14.0. The molecule has 2 saturated heterocycles. The molecule has 0 saturated carbocycles. The monoisotopic (exact) mass is 625 g/mol. The predicted octanol–water partition coefficient (Wildman–Crippen LogP) is 3.95. The minimum atomic E-state index is -3.16. The quantitative estimate of drug-likeness (QED) is 0.460. The highest BCUT2D eigenvalue weighted by atomic mass is 35.5. The Kier molecular flexibility index (Phi) is 7.28. The summed E-state index contributed by atoms with van der Waals surface area (Å²) in [6, 6.07) is 3.75. The molecule has 1 aromatic carbocycles. The van der Waals surface area contributed by atoms with E-state index >= 15 is 0 Å². The molecule has 1 N–H and O–H groups in total. The number of urea groups is 1. The molecule has 10 nitrogen and oxygen atoms in total. The van der Waals surface area contributed by atoms with Crippen LogP contribution in [0.15, 0.2) is 52.7 Å². The molecule has 3 aromatic rings. The second-order valence-corrected chi connectivity index (χ2v) is 13.4. The summed E-state index contributed by atoms with van der Waals surface area (Å²) in [6.07, 6.45) is 3.10. The predicted molar refractivity (Wildman–Crippen MR) is 147 cm³/mol. The summed E-state index contributed by atoms with van der Waals surface area (Å²) in [4.78, 5) is 25.8. The first-order valence-corrected chi connectivity index (χ1v) is 15.7. The molecular weight excluding hydrogens is 603 g/mol. The van der Waals surface area contributed by atoms with Crippen LogP contribution in [-0.2, 0) is 9.84 Å². The van der Waals surface area contributed by atoms with Crippen LogP contribution in [0.4, 0.5) is 18.0 Å². The number of hydrogen-bond donors (Lipinski definition) is 1. The van der Waals surface area contributed by atoms with Gasteiger partial charge in [0.25, 0.3) is 0 Å². The summed E-state index contributed by atoms with van der Waals surface area (Å²) >= 11 is 7.84. The highest BCUT2D eigenvalue weighted by Gasteiger charge is 2.42. The van der Waals surface area contributed by atoms with Gasteiger partial charge in [-0.15, -0.1) is 11.3 Å². The van der Waals surface area contributed by atoms with Gasteiger partial charge >= 0.3 is 12.6 Å². The van der Waals surface area contributed by atoms with Crippen molar-refractivity contribution in [3.05, 3.63) is 74.8 Å². The Balaban J connectivity index is 1.41. The number of sulfone groups is 1. The van der Waals surface area contributed by atoms with Gasteiger partial charge in [-0.2, -0.15) is 13.9 Å². The second-order valence-electron chi connectivity index (χ2n) is 9.78. The fraction of sp³-hybridized carbons (Fsp3) is 0.360. The van der Waals surface area contributed by atoms with Gasteiger partial charge < -0.3 is 15.1 Å². The number of amidine groups is 1. The van der Waals surface area contributed by atoms with Crippen LogP contribution in [0.5, 0.6) is 0 Å². The number of fused-ring (bicyclic) bond motifs is 1. The van der Waals surface area contributed by atoms with Gasteiger partial charge in [0.1, 0.15) is 11.9 Å². The molecule has 216 valence electrons. The van der Waals surface area contributed by atoms with Crippen LogP contribution in [0.25, 0.3) is 5.57 Å². The number of aliphatic imine (C=N–C) groups is 1. The van der Waals surface area contributed by atoms with Crippen molar-refractivity contribution in [2.75, 3.05) is 31.1 Å². The first-order chi connectivity index (χ1) is 19.6. The average Bonchev–Trinajstić information content (AvgIpc) is 3.69. The standard InChI is InChI=1S/C25H23ClF3N7O3S2/c26-17-11-14(27)1-2-16(17)21-20(18-3-5-36(33-18)24(28)29)19-12-15(13-35(19)22(32-21)23-30-4-8-40-23)31-25(37)34-6-9-41(38,39)10-7-34/h1-5,8,11,15,21,24H,6-7,9-10,12-13H2,(H,31,37)/t15-,21-/m0/s1. The smallest absolute Gasteiger partial charge is 0.333 e. The summed E-state index contributed by atoms with van der Waals surface area (Å²) in [5.41, 5.74) is 1.88. The fourth-order valence-electron chi connectivity index (χ4n) is 5.23. The van der Waals surface area contributed by atoms with Crippen molar-refractivity contribution in [1.29, 1.82) is 0 Å². The van der Waals surface area contributed by atoms with Gasteiger partial charge in [0.2, 0.25) is 0 Å². The maximum Gasteiger partial charge on any atom is 0.333 e. The van der Waals surface area contributed by atoms with Crippen LogP contribution in [0.1, 0.15) is 35.3 Å². The molecule has 0 aliphatic carbocycles. The van der Waals surface area contributed by atoms with Crippen LogP contribution < -0.4 is 5.32 Å². The van der Waals surface area contributed by atoms with Crippen LogP contribution in [0.2, 0.25) is 5.02 Å². The first kappa shape index (κ1) is 27.7. The van der Waals surface area contributed by atoms with Gasteiger partial charge in [0, 0.05) is 65.7 Å². The summed E-state index contributed by atoms with van der Waals surface area (Å²) in [5.74, 6) is -0.232. The molecule has 3 aliphatic heterocycles. The van der Waals surface area contributed by atoms with E-state index in [1.54, 1.807) is 11.6 Å². The number of nitrogens with one attached hydrogen (secondary N) is 1. The number of alkyl halides is 2. The summed E-state index contributed by atoms with van der Waals surface area (Å²) in [5, 5.41) is 9.60. The molecule has 6 rings (SSSR count). The molecule has 2 atom stereocenters. The minimum Gasteiger partial charge on any atom is -0.333 e. The van der Waals surface area contributed by atoms with E-state index in [-0.39, 0.29) is 41.3 Å². The van der Waals surface area contributed by atoms with Crippen molar-refractivity contribution in [2.24, 2.45) is 4.99 Å². The van der Waals surface area contributed by atoms with Crippen molar-refractivity contribution in [1.82, 2.24) is 29.9 Å². The summed E-state index contributed by atoms with van der Waals surface area (Å²) in [7, 11) is -3.16. The number of nitrogens with zero attached hydrogens (tertiary/aromatic N) is 6. The lowest BCUT2D eigenvalue weighted by atomic mass is 9.92. The number of benzene rings is 1. The topological polar surface area (TPSA) is 113 Å². The van der Waals surface area contributed by atoms with Crippen LogP contribution in [-0.4, -0.2) is 82.0 Å². The van der Waals surface area contributed by atoms with Crippen molar-refractivity contribution in [3.8, 4) is 0 Å². The zero-order valence-electron chi connectivity index (χ0n) is 21.3. The lowest BCUT2D eigenvalue weighted by Crippen LogP contribution is -2.51. The molecule has 2 fully saturated rings. The van der Waals surface area contributed by atoms with Gasteiger partial charge in [-0.1, -0.05) is 17.7 Å². The number of hydrogen-bond acceptors (Lipinski definition) is 8. The molecule has 16 heteroatoms. The zero-order chi connectivity index (χ0) is 28.9. The number of rotatable bonds is 5. The largest absolute Gasteiger partial charge is 0.333 e. The lowest BCUT2D eigenvalue weighted by molar-refractivity contribution is 0.0564. The average molecular weight is 626 g/mol. The van der Waals surface area contributed by atoms with Crippen molar-refractivity contribution in [2.45, 2.75) is 25.1 Å². The highest BCUT2D eigenvalue weighted by molar-refractivity contribution is 7.91. The van der Waals surface area contributed by atoms with E-state index in [0.717, 1.165) is 0 Å². The number of carbonyl (C=O) groups is 1. The Labute approximate surface area is 242 Å². The van der Waals surface area contributed by atoms with Crippen LogP contribution in [0.3, 0.4) is 0 Å². The Bertz CT molecular complexity index is 1650. The van der Waals surface area contributed by atoms with E-state index in [2.05, 4.69) is 15.4 Å². The number of halogens is 4. The number of amides is 2. The van der Waals surface area contributed by atoms with E-state index in [1.807, 2.05) is 4.90 Å². The minimum absolute atomic E-state index is 0.0970. The van der Waals surface area contributed by atoms with Gasteiger partial charge in [-0.3, -0.25) is 4.99 Å². The Morgan fingerprint density at radius 1 is 1.20 bits per heavy atom. The third-order valence-electron chi connectivity index (χ3n) is 7.18. The van der Waals surface area contributed by atoms with Crippen LogP contribution >= 0.6 is 22.9 Å². The van der Waals surface area contributed by atoms with E-state index in [9.17, 15) is 26.4 Å². The molecule has 0 spiro atoms. The molecule has 0 radical (unpaired) electrons. The zero-order valence-corrected chi connectivity index (χ0v) is 23.6. The highest BCUT2D eigenvalue weighted by Crippen LogP contribution is 2.46. The molecule has 41 heavy (non-hydrogen) atoms. The van der Waals surface area contributed by atoms with Gasteiger partial charge in [0.15, 0.2) is 20.7 Å². The van der Waals surface area contributed by atoms with Crippen molar-refractivity contribution in [3.63, 3.8) is 0 Å². The molecule has 3 aliphatic rings. The Hall–Kier alpha value is -3.43. The van der Waals surface area contributed by atoms with Gasteiger partial charge in [-0.25, -0.2) is 27.3 Å². The summed E-state index contributed by atoms with van der Waals surface area (Å²) in [6.45, 7) is -2.37.